The van der Waals surface area contributed by atoms with Crippen LogP contribution in [0.2, 0.25) is 0 Å². The van der Waals surface area contributed by atoms with E-state index in [0.29, 0.717) is 5.92 Å². The van der Waals surface area contributed by atoms with Crippen LogP contribution in [0.3, 0.4) is 0 Å². The first-order chi connectivity index (χ1) is 8.24. The van der Waals surface area contributed by atoms with Crippen molar-refractivity contribution in [2.45, 2.75) is 51.5 Å². The highest BCUT2D eigenvalue weighted by molar-refractivity contribution is 5.95. The topological polar surface area (TPSA) is 49.4 Å². The van der Waals surface area contributed by atoms with Crippen LogP contribution in [0.5, 0.6) is 0 Å². The lowest BCUT2D eigenvalue weighted by molar-refractivity contribution is -0.146. The van der Waals surface area contributed by atoms with E-state index in [-0.39, 0.29) is 24.4 Å². The molecule has 0 aromatic carbocycles. The van der Waals surface area contributed by atoms with Crippen LogP contribution in [0, 0.1) is 5.92 Å². The number of unbranched alkanes of at least 4 members (excludes halogenated alkanes) is 3. The molecule has 1 N–H and O–H groups in total. The van der Waals surface area contributed by atoms with Gasteiger partial charge >= 0.3 is 0 Å². The first kappa shape index (κ1) is 12.4. The van der Waals surface area contributed by atoms with Gasteiger partial charge in [-0.15, -0.1) is 0 Å². The van der Waals surface area contributed by atoms with Gasteiger partial charge in [-0.2, -0.15) is 0 Å². The molecule has 4 heteroatoms. The first-order valence-corrected chi connectivity index (χ1v) is 6.81. The number of rotatable bonds is 6. The van der Waals surface area contributed by atoms with E-state index < -0.39 is 0 Å². The number of hydrogen-bond acceptors (Lipinski definition) is 2. The molecule has 2 amide bonds. The third-order valence-electron chi connectivity index (χ3n) is 3.66. The summed E-state index contributed by atoms with van der Waals surface area (Å²) in [5.41, 5.74) is 0. The van der Waals surface area contributed by atoms with Crippen LogP contribution < -0.4 is 5.32 Å². The van der Waals surface area contributed by atoms with Crippen molar-refractivity contribution in [3.8, 4) is 0 Å². The van der Waals surface area contributed by atoms with Crippen LogP contribution in [0.4, 0.5) is 0 Å². The van der Waals surface area contributed by atoms with Crippen molar-refractivity contribution in [1.29, 1.82) is 0 Å². The van der Waals surface area contributed by atoms with Crippen LogP contribution in [0.25, 0.3) is 0 Å². The summed E-state index contributed by atoms with van der Waals surface area (Å²) in [7, 11) is 0. The van der Waals surface area contributed by atoms with Gasteiger partial charge < -0.3 is 10.2 Å². The number of nitrogens with one attached hydrogen (secondary N) is 1. The third kappa shape index (κ3) is 2.99. The van der Waals surface area contributed by atoms with Gasteiger partial charge in [0.2, 0.25) is 11.8 Å². The Morgan fingerprint density at radius 1 is 1.24 bits per heavy atom. The Bertz CT molecular complexity index is 300. The Labute approximate surface area is 103 Å². The highest BCUT2D eigenvalue weighted by Crippen LogP contribution is 2.36. The predicted molar refractivity (Wildman–Crippen MR) is 65.4 cm³/mol. The van der Waals surface area contributed by atoms with Gasteiger partial charge in [0.15, 0.2) is 0 Å². The van der Waals surface area contributed by atoms with Crippen molar-refractivity contribution in [1.82, 2.24) is 10.2 Å². The van der Waals surface area contributed by atoms with Gasteiger partial charge in [-0.05, 0) is 25.2 Å². The molecule has 0 aromatic rings. The maximum Gasteiger partial charge on any atom is 0.243 e. The summed E-state index contributed by atoms with van der Waals surface area (Å²) >= 11 is 0. The van der Waals surface area contributed by atoms with Crippen LogP contribution in [-0.4, -0.2) is 35.8 Å². The lowest BCUT2D eigenvalue weighted by atomic mass is 10.1. The highest BCUT2D eigenvalue weighted by Gasteiger charge is 2.44. The summed E-state index contributed by atoms with van der Waals surface area (Å²) in [5, 5.41) is 2.70. The fourth-order valence-corrected chi connectivity index (χ4v) is 2.52. The van der Waals surface area contributed by atoms with Crippen LogP contribution in [0.1, 0.15) is 45.4 Å². The molecule has 0 radical (unpaired) electrons. The second-order valence-corrected chi connectivity index (χ2v) is 5.15. The average molecular weight is 238 g/mol. The van der Waals surface area contributed by atoms with Gasteiger partial charge in [0.25, 0.3) is 0 Å². The fraction of sp³-hybridized carbons (Fsp3) is 0.846. The minimum atomic E-state index is -0.169. The van der Waals surface area contributed by atoms with Gasteiger partial charge in [0, 0.05) is 6.54 Å². The Hall–Kier alpha value is -1.06. The van der Waals surface area contributed by atoms with Crippen molar-refractivity contribution in [3.63, 3.8) is 0 Å². The smallest absolute Gasteiger partial charge is 0.243 e. The van der Waals surface area contributed by atoms with Gasteiger partial charge in [0.05, 0.1) is 6.54 Å². The minimum absolute atomic E-state index is 0.0580. The molecule has 1 unspecified atom stereocenters. The summed E-state index contributed by atoms with van der Waals surface area (Å²) < 4.78 is 0. The number of piperazine rings is 1. The molecular weight excluding hydrogens is 216 g/mol. The second kappa shape index (κ2) is 5.52. The molecule has 0 bridgehead atoms. The summed E-state index contributed by atoms with van der Waals surface area (Å²) in [6.45, 7) is 3.12. The van der Waals surface area contributed by atoms with Gasteiger partial charge in [0.1, 0.15) is 6.04 Å². The molecule has 4 nitrogen and oxygen atoms in total. The molecule has 1 aliphatic carbocycles. The van der Waals surface area contributed by atoms with E-state index in [2.05, 4.69) is 12.2 Å². The van der Waals surface area contributed by atoms with Gasteiger partial charge in [-0.3, -0.25) is 9.59 Å². The van der Waals surface area contributed by atoms with Crippen molar-refractivity contribution in [3.05, 3.63) is 0 Å². The molecule has 2 rings (SSSR count). The van der Waals surface area contributed by atoms with Crippen molar-refractivity contribution < 1.29 is 9.59 Å². The Morgan fingerprint density at radius 2 is 2.00 bits per heavy atom. The zero-order valence-corrected chi connectivity index (χ0v) is 10.6. The summed E-state index contributed by atoms with van der Waals surface area (Å²) in [4.78, 5) is 25.5. The number of hydrogen-bond donors (Lipinski definition) is 1. The molecule has 0 aromatic heterocycles. The molecule has 1 saturated heterocycles. The molecule has 1 atom stereocenters. The zero-order valence-electron chi connectivity index (χ0n) is 10.6. The molecule has 17 heavy (non-hydrogen) atoms. The molecule has 1 saturated carbocycles. The quantitative estimate of drug-likeness (QED) is 0.709. The maximum absolute atomic E-state index is 11.9. The molecule has 1 aliphatic heterocycles. The number of amides is 2. The molecule has 96 valence electrons. The SMILES string of the molecule is CCCCCCN1C(=O)CNC(=O)C1C1CC1. The van der Waals surface area contributed by atoms with Crippen LogP contribution in [0.15, 0.2) is 0 Å². The minimum Gasteiger partial charge on any atom is -0.345 e. The molecule has 1 heterocycles. The normalized spacial score (nSPS) is 25.0. The molecular formula is C13H22N2O2. The fourth-order valence-electron chi connectivity index (χ4n) is 2.52. The standard InChI is InChI=1S/C13H22N2O2/c1-2-3-4-5-8-15-11(16)9-14-13(17)12(15)10-6-7-10/h10,12H,2-9H2,1H3,(H,14,17). The molecule has 0 spiro atoms. The number of carbonyl (C=O) groups excluding carboxylic acids is 2. The monoisotopic (exact) mass is 238 g/mol. The largest absolute Gasteiger partial charge is 0.345 e. The molecule has 2 fully saturated rings. The van der Waals surface area contributed by atoms with E-state index >= 15 is 0 Å². The Balaban J connectivity index is 1.89. The van der Waals surface area contributed by atoms with E-state index in [1.54, 1.807) is 0 Å². The van der Waals surface area contributed by atoms with Crippen molar-refractivity contribution in [2.24, 2.45) is 5.92 Å². The summed E-state index contributed by atoms with van der Waals surface area (Å²) in [6.07, 6.45) is 6.77. The first-order valence-electron chi connectivity index (χ1n) is 6.81. The van der Waals surface area contributed by atoms with E-state index in [1.807, 2.05) is 4.90 Å². The number of nitrogens with zero attached hydrogens (tertiary/aromatic N) is 1. The Kier molecular flexibility index (Phi) is 4.02. The van der Waals surface area contributed by atoms with Crippen LogP contribution in [-0.2, 0) is 9.59 Å². The molecule has 2 aliphatic rings. The van der Waals surface area contributed by atoms with Gasteiger partial charge in [-0.25, -0.2) is 0 Å². The lowest BCUT2D eigenvalue weighted by Crippen LogP contribution is -2.59. The maximum atomic E-state index is 11.9. The van der Waals surface area contributed by atoms with Gasteiger partial charge in [-0.1, -0.05) is 26.2 Å². The van der Waals surface area contributed by atoms with Crippen molar-refractivity contribution >= 4 is 11.8 Å². The average Bonchev–Trinajstić information content (AvgIpc) is 3.13. The number of carbonyl (C=O) groups is 2. The Morgan fingerprint density at radius 3 is 2.65 bits per heavy atom. The van der Waals surface area contributed by atoms with E-state index in [0.717, 1.165) is 32.2 Å². The van der Waals surface area contributed by atoms with E-state index in [1.165, 1.54) is 12.8 Å². The van der Waals surface area contributed by atoms with E-state index in [9.17, 15) is 9.59 Å². The summed E-state index contributed by atoms with van der Waals surface area (Å²) in [5.74, 6) is 0.575. The third-order valence-corrected chi connectivity index (χ3v) is 3.66. The zero-order chi connectivity index (χ0) is 12.3. The lowest BCUT2D eigenvalue weighted by Gasteiger charge is -2.35. The summed E-state index contributed by atoms with van der Waals surface area (Å²) in [6, 6.07) is -0.169. The van der Waals surface area contributed by atoms with Crippen LogP contribution >= 0.6 is 0 Å². The second-order valence-electron chi connectivity index (χ2n) is 5.15. The van der Waals surface area contributed by atoms with Crippen molar-refractivity contribution in [2.75, 3.05) is 13.1 Å². The predicted octanol–water partition coefficient (Wildman–Crippen LogP) is 1.30. The highest BCUT2D eigenvalue weighted by atomic mass is 16.2. The van der Waals surface area contributed by atoms with E-state index in [4.69, 9.17) is 0 Å².